The number of hydrogen-bond acceptors (Lipinski definition) is 1. The van der Waals surface area contributed by atoms with Crippen molar-refractivity contribution in [2.45, 2.75) is 92.4 Å². The van der Waals surface area contributed by atoms with E-state index in [1.165, 1.54) is 51.0 Å². The Bertz CT molecular complexity index is 324. The van der Waals surface area contributed by atoms with E-state index < -0.39 is 5.97 Å². The van der Waals surface area contributed by atoms with Crippen LogP contribution in [0.15, 0.2) is 11.6 Å². The van der Waals surface area contributed by atoms with E-state index in [2.05, 4.69) is 27.7 Å². The van der Waals surface area contributed by atoms with Gasteiger partial charge in [0.2, 0.25) is 0 Å². The molecular weight excluding hydrogens is 387 g/mol. The van der Waals surface area contributed by atoms with Crippen LogP contribution in [0.25, 0.3) is 0 Å². The van der Waals surface area contributed by atoms with Crippen molar-refractivity contribution in [2.24, 2.45) is 17.8 Å². The number of carboxylic acids is 1. The Hall–Kier alpha value is 0.0801. The molecule has 23 heavy (non-hydrogen) atoms. The van der Waals surface area contributed by atoms with Gasteiger partial charge in [-0.25, -0.2) is 4.79 Å². The topological polar surface area (TPSA) is 37.3 Å². The second kappa shape index (κ2) is 15.6. The molecule has 3 heteroatoms. The SMILES string of the molecule is C/C(=C\C(=O)O)CCC[C@H](C)CCC[C@H](C)CCCC(C)C.[InH3]. The van der Waals surface area contributed by atoms with Crippen LogP contribution in [0.3, 0.4) is 0 Å². The van der Waals surface area contributed by atoms with Gasteiger partial charge < -0.3 is 5.11 Å². The molecule has 0 aliphatic heterocycles. The number of carboxylic acid groups (broad SMARTS) is 1. The minimum atomic E-state index is -0.822. The van der Waals surface area contributed by atoms with E-state index in [9.17, 15) is 4.79 Å². The maximum absolute atomic E-state index is 10.5. The number of rotatable bonds is 13. The number of carbonyl (C=O) groups is 1. The van der Waals surface area contributed by atoms with Gasteiger partial charge in [-0.1, -0.05) is 78.2 Å². The van der Waals surface area contributed by atoms with Crippen molar-refractivity contribution in [2.75, 3.05) is 0 Å². The van der Waals surface area contributed by atoms with Crippen LogP contribution >= 0.6 is 0 Å². The number of allylic oxidation sites excluding steroid dienone is 1. The van der Waals surface area contributed by atoms with Gasteiger partial charge in [0.25, 0.3) is 0 Å². The standard InChI is InChI=1S/C20H38O2.In.3H/c1-16(2)9-6-10-17(3)11-7-12-18(4)13-8-14-19(5)15-20(21)22;;;;/h15-18H,6-14H2,1-5H3,(H,21,22);;;;/b19-15+;;;;/t17-,18-;;;;/m1..../s1. The zero-order valence-electron chi connectivity index (χ0n) is 15.5. The molecule has 0 aromatic rings. The zero-order chi connectivity index (χ0) is 17.0. The van der Waals surface area contributed by atoms with Crippen molar-refractivity contribution in [1.82, 2.24) is 0 Å². The number of aliphatic carboxylic acids is 1. The molecule has 2 atom stereocenters. The van der Waals surface area contributed by atoms with Crippen LogP contribution in [0.2, 0.25) is 0 Å². The fourth-order valence-corrected chi connectivity index (χ4v) is 2.99. The Morgan fingerprint density at radius 2 is 1.30 bits per heavy atom. The first-order chi connectivity index (χ1) is 10.3. The Morgan fingerprint density at radius 1 is 0.870 bits per heavy atom. The first-order valence-corrected chi connectivity index (χ1v) is 9.21. The minimum absolute atomic E-state index is 0. The predicted octanol–water partition coefficient (Wildman–Crippen LogP) is 5.27. The van der Waals surface area contributed by atoms with Gasteiger partial charge in [0, 0.05) is 6.08 Å². The van der Waals surface area contributed by atoms with Crippen LogP contribution in [0.4, 0.5) is 0 Å². The molecule has 0 aliphatic rings. The molecule has 0 aliphatic carbocycles. The van der Waals surface area contributed by atoms with Gasteiger partial charge in [-0.2, -0.15) is 0 Å². The van der Waals surface area contributed by atoms with Gasteiger partial charge >= 0.3 is 31.8 Å². The summed E-state index contributed by atoms with van der Waals surface area (Å²) in [6.07, 6.45) is 12.7. The molecular formula is C20H41InO2. The van der Waals surface area contributed by atoms with E-state index in [0.717, 1.165) is 36.2 Å². The summed E-state index contributed by atoms with van der Waals surface area (Å²) in [7, 11) is 0. The van der Waals surface area contributed by atoms with Crippen LogP contribution in [-0.4, -0.2) is 36.9 Å². The maximum atomic E-state index is 10.5. The average molecular weight is 428 g/mol. The molecule has 1 N–H and O–H groups in total. The molecule has 0 spiro atoms. The predicted molar refractivity (Wildman–Crippen MR) is 106 cm³/mol. The van der Waals surface area contributed by atoms with E-state index in [-0.39, 0.29) is 25.8 Å². The third kappa shape index (κ3) is 18.3. The number of hydrogen-bond donors (Lipinski definition) is 1. The normalized spacial score (nSPS) is 14.4. The molecule has 0 aromatic heterocycles. The Labute approximate surface area is 163 Å². The third-order valence-corrected chi connectivity index (χ3v) is 4.51. The summed E-state index contributed by atoms with van der Waals surface area (Å²) in [4.78, 5) is 10.5. The summed E-state index contributed by atoms with van der Waals surface area (Å²) in [6.45, 7) is 11.3. The van der Waals surface area contributed by atoms with Crippen molar-refractivity contribution in [1.29, 1.82) is 0 Å². The van der Waals surface area contributed by atoms with Gasteiger partial charge in [-0.05, 0) is 37.5 Å². The quantitative estimate of drug-likeness (QED) is 0.406. The second-order valence-corrected chi connectivity index (χ2v) is 7.69. The van der Waals surface area contributed by atoms with Crippen molar-refractivity contribution in [3.8, 4) is 0 Å². The molecule has 0 rings (SSSR count). The third-order valence-electron chi connectivity index (χ3n) is 4.51. The summed E-state index contributed by atoms with van der Waals surface area (Å²) in [5.41, 5.74) is 0.985. The Morgan fingerprint density at radius 3 is 1.74 bits per heavy atom. The van der Waals surface area contributed by atoms with Crippen molar-refractivity contribution in [3.05, 3.63) is 11.6 Å². The van der Waals surface area contributed by atoms with Gasteiger partial charge in [0.05, 0.1) is 0 Å². The summed E-state index contributed by atoms with van der Waals surface area (Å²) in [5, 5.41) is 8.68. The van der Waals surface area contributed by atoms with E-state index in [0.29, 0.717) is 0 Å². The van der Waals surface area contributed by atoms with Crippen LogP contribution in [-0.2, 0) is 4.79 Å². The molecule has 0 fully saturated rings. The molecule has 0 radical (unpaired) electrons. The average Bonchev–Trinajstić information content (AvgIpc) is 2.37. The van der Waals surface area contributed by atoms with E-state index >= 15 is 0 Å². The molecule has 0 aromatic carbocycles. The molecule has 0 heterocycles. The van der Waals surface area contributed by atoms with Gasteiger partial charge in [0.15, 0.2) is 0 Å². The second-order valence-electron chi connectivity index (χ2n) is 7.69. The molecule has 2 nitrogen and oxygen atoms in total. The van der Waals surface area contributed by atoms with Crippen molar-refractivity contribution in [3.63, 3.8) is 0 Å². The summed E-state index contributed by atoms with van der Waals surface area (Å²) in [5.74, 6) is 1.65. The Balaban J connectivity index is 0. The summed E-state index contributed by atoms with van der Waals surface area (Å²) in [6, 6.07) is 0. The Kier molecular flexibility index (Phi) is 17.2. The first-order valence-electron chi connectivity index (χ1n) is 9.21. The van der Waals surface area contributed by atoms with Crippen LogP contribution in [0.5, 0.6) is 0 Å². The van der Waals surface area contributed by atoms with Crippen LogP contribution in [0, 0.1) is 17.8 Å². The molecule has 136 valence electrons. The molecule has 0 saturated heterocycles. The van der Waals surface area contributed by atoms with Gasteiger partial charge in [-0.3, -0.25) is 0 Å². The fraction of sp³-hybridized carbons (Fsp3) is 0.850. The van der Waals surface area contributed by atoms with Crippen molar-refractivity contribution >= 4 is 31.8 Å². The molecule has 0 bridgehead atoms. The monoisotopic (exact) mass is 428 g/mol. The van der Waals surface area contributed by atoms with Crippen molar-refractivity contribution < 1.29 is 9.90 Å². The fourth-order valence-electron chi connectivity index (χ4n) is 2.99. The van der Waals surface area contributed by atoms with Crippen LogP contribution < -0.4 is 0 Å². The molecule has 0 amide bonds. The molecule has 0 unspecified atom stereocenters. The molecule has 0 saturated carbocycles. The van der Waals surface area contributed by atoms with E-state index in [1.54, 1.807) is 0 Å². The summed E-state index contributed by atoms with van der Waals surface area (Å²) < 4.78 is 0. The zero-order valence-corrected chi connectivity index (χ0v) is 15.5. The summed E-state index contributed by atoms with van der Waals surface area (Å²) >= 11 is 0. The first kappa shape index (κ1) is 25.3. The van der Waals surface area contributed by atoms with E-state index in [4.69, 9.17) is 5.11 Å². The van der Waals surface area contributed by atoms with Gasteiger partial charge in [-0.15, -0.1) is 0 Å². The van der Waals surface area contributed by atoms with Gasteiger partial charge in [0.1, 0.15) is 0 Å². The van der Waals surface area contributed by atoms with Crippen LogP contribution in [0.1, 0.15) is 92.4 Å². The van der Waals surface area contributed by atoms with E-state index in [1.807, 2.05) is 6.92 Å².